The van der Waals surface area contributed by atoms with Gasteiger partial charge in [0.15, 0.2) is 0 Å². The molecule has 4 heteroatoms. The number of amides is 1. The molecular weight excluding hydrogens is 204 g/mol. The van der Waals surface area contributed by atoms with E-state index in [-0.39, 0.29) is 11.8 Å². The summed E-state index contributed by atoms with van der Waals surface area (Å²) in [6, 6.07) is 2.19. The van der Waals surface area contributed by atoms with E-state index in [2.05, 4.69) is 6.07 Å². The number of nitrogens with zero attached hydrogens (tertiary/aromatic N) is 2. The zero-order chi connectivity index (χ0) is 11.6. The number of rotatable bonds is 5. The molecule has 2 fully saturated rings. The highest BCUT2D eigenvalue weighted by atomic mass is 16.5. The molecule has 0 aromatic heterocycles. The molecule has 4 nitrogen and oxygen atoms in total. The molecule has 1 saturated carbocycles. The second-order valence-corrected chi connectivity index (χ2v) is 5.05. The van der Waals surface area contributed by atoms with Crippen molar-refractivity contribution in [3.05, 3.63) is 0 Å². The van der Waals surface area contributed by atoms with Crippen LogP contribution in [0.3, 0.4) is 0 Å². The van der Waals surface area contributed by atoms with Gasteiger partial charge in [0.25, 0.3) is 0 Å². The third-order valence-corrected chi connectivity index (χ3v) is 3.72. The van der Waals surface area contributed by atoms with Crippen molar-refractivity contribution in [2.24, 2.45) is 11.3 Å². The topological polar surface area (TPSA) is 53.3 Å². The van der Waals surface area contributed by atoms with E-state index < -0.39 is 0 Å². The maximum atomic E-state index is 11.7. The summed E-state index contributed by atoms with van der Waals surface area (Å²) in [5.41, 5.74) is 0.302. The average molecular weight is 222 g/mol. The third-order valence-electron chi connectivity index (χ3n) is 3.72. The summed E-state index contributed by atoms with van der Waals surface area (Å²) in [4.78, 5) is 13.5. The fourth-order valence-electron chi connectivity index (χ4n) is 2.40. The predicted octanol–water partition coefficient (Wildman–Crippen LogP) is 1.18. The van der Waals surface area contributed by atoms with Gasteiger partial charge in [-0.1, -0.05) is 0 Å². The van der Waals surface area contributed by atoms with Crippen LogP contribution in [-0.4, -0.2) is 37.6 Å². The summed E-state index contributed by atoms with van der Waals surface area (Å²) in [5, 5.41) is 8.81. The van der Waals surface area contributed by atoms with Gasteiger partial charge in [0.2, 0.25) is 5.91 Å². The van der Waals surface area contributed by atoms with Crippen LogP contribution in [0.2, 0.25) is 0 Å². The molecule has 2 aliphatic rings. The summed E-state index contributed by atoms with van der Waals surface area (Å²) in [6.45, 7) is 2.22. The highest BCUT2D eigenvalue weighted by molar-refractivity contribution is 5.79. The number of hydrogen-bond donors (Lipinski definition) is 0. The number of carbonyl (C=O) groups excluding carboxylic acids is 1. The van der Waals surface area contributed by atoms with Gasteiger partial charge in [-0.15, -0.1) is 0 Å². The van der Waals surface area contributed by atoms with E-state index in [1.54, 1.807) is 7.11 Å². The summed E-state index contributed by atoms with van der Waals surface area (Å²) < 4.78 is 5.10. The Morgan fingerprint density at radius 1 is 1.62 bits per heavy atom. The lowest BCUT2D eigenvalue weighted by Gasteiger charge is -2.23. The first-order valence-corrected chi connectivity index (χ1v) is 5.85. The quantitative estimate of drug-likeness (QED) is 0.701. The number of methoxy groups -OCH3 is 1. The molecule has 0 spiro atoms. The molecule has 1 unspecified atom stereocenters. The zero-order valence-corrected chi connectivity index (χ0v) is 9.74. The van der Waals surface area contributed by atoms with Gasteiger partial charge < -0.3 is 9.64 Å². The van der Waals surface area contributed by atoms with E-state index in [1.165, 1.54) is 12.8 Å². The molecule has 1 heterocycles. The maximum Gasteiger partial charge on any atom is 0.224 e. The minimum absolute atomic E-state index is 0.0919. The monoisotopic (exact) mass is 222 g/mol. The molecule has 0 bridgehead atoms. The van der Waals surface area contributed by atoms with Crippen LogP contribution in [0.1, 0.15) is 25.7 Å². The van der Waals surface area contributed by atoms with Gasteiger partial charge in [-0.3, -0.25) is 4.79 Å². The zero-order valence-electron chi connectivity index (χ0n) is 9.74. The Morgan fingerprint density at radius 3 is 2.88 bits per heavy atom. The fraction of sp³-hybridized carbons (Fsp3) is 0.833. The Bertz CT molecular complexity index is 317. The molecule has 1 atom stereocenters. The molecule has 0 radical (unpaired) electrons. The minimum Gasteiger partial charge on any atom is -0.385 e. The van der Waals surface area contributed by atoms with Gasteiger partial charge in [0.1, 0.15) is 0 Å². The Hall–Kier alpha value is -1.08. The molecule has 0 N–H and O–H groups in total. The van der Waals surface area contributed by atoms with Gasteiger partial charge in [-0.25, -0.2) is 0 Å². The van der Waals surface area contributed by atoms with E-state index in [0.29, 0.717) is 18.4 Å². The Labute approximate surface area is 96.2 Å². The van der Waals surface area contributed by atoms with Crippen LogP contribution in [0.15, 0.2) is 0 Å². The lowest BCUT2D eigenvalue weighted by atomic mass is 10.0. The predicted molar refractivity (Wildman–Crippen MR) is 58.5 cm³/mol. The van der Waals surface area contributed by atoms with Gasteiger partial charge >= 0.3 is 0 Å². The minimum atomic E-state index is -0.0919. The van der Waals surface area contributed by atoms with Crippen LogP contribution in [0.25, 0.3) is 0 Å². The van der Waals surface area contributed by atoms with Gasteiger partial charge in [-0.2, -0.15) is 5.26 Å². The van der Waals surface area contributed by atoms with E-state index in [4.69, 9.17) is 10.00 Å². The summed E-state index contributed by atoms with van der Waals surface area (Å²) >= 11 is 0. The maximum absolute atomic E-state index is 11.7. The van der Waals surface area contributed by atoms with Crippen LogP contribution >= 0.6 is 0 Å². The molecule has 0 aromatic rings. The van der Waals surface area contributed by atoms with Gasteiger partial charge in [0.05, 0.1) is 12.0 Å². The number of likely N-dealkylation sites (tertiary alicyclic amines) is 1. The van der Waals surface area contributed by atoms with E-state index >= 15 is 0 Å². The van der Waals surface area contributed by atoms with E-state index in [9.17, 15) is 4.79 Å². The molecular formula is C12H18N2O2. The van der Waals surface area contributed by atoms with Crippen LogP contribution < -0.4 is 0 Å². The number of carbonyl (C=O) groups is 1. The SMILES string of the molecule is COCCC1(CN2CC(C#N)CC2=O)CC1. The van der Waals surface area contributed by atoms with E-state index in [0.717, 1.165) is 19.6 Å². The molecule has 0 aromatic carbocycles. The first kappa shape index (κ1) is 11.4. The van der Waals surface area contributed by atoms with Crippen molar-refractivity contribution in [1.29, 1.82) is 5.26 Å². The standard InChI is InChI=1S/C12H18N2O2/c1-16-5-4-12(2-3-12)9-14-8-10(7-13)6-11(14)15/h10H,2-6,8-9H2,1H3. The van der Waals surface area contributed by atoms with Crippen molar-refractivity contribution in [1.82, 2.24) is 4.90 Å². The molecule has 1 amide bonds. The van der Waals surface area contributed by atoms with Crippen molar-refractivity contribution in [2.75, 3.05) is 26.8 Å². The number of nitriles is 1. The molecule has 1 aliphatic heterocycles. The number of hydrogen-bond acceptors (Lipinski definition) is 3. The molecule has 16 heavy (non-hydrogen) atoms. The van der Waals surface area contributed by atoms with Gasteiger partial charge in [0, 0.05) is 33.2 Å². The molecule has 88 valence electrons. The smallest absolute Gasteiger partial charge is 0.224 e. The Balaban J connectivity index is 1.86. The second-order valence-electron chi connectivity index (χ2n) is 5.05. The first-order chi connectivity index (χ1) is 7.69. The van der Waals surface area contributed by atoms with Crippen LogP contribution in [0.5, 0.6) is 0 Å². The molecule has 1 saturated heterocycles. The van der Waals surface area contributed by atoms with Crippen molar-refractivity contribution >= 4 is 5.91 Å². The summed E-state index contributed by atoms with van der Waals surface area (Å²) in [7, 11) is 1.71. The lowest BCUT2D eigenvalue weighted by Crippen LogP contribution is -2.32. The van der Waals surface area contributed by atoms with Crippen LogP contribution in [-0.2, 0) is 9.53 Å². The average Bonchev–Trinajstić information content (AvgIpc) is 2.95. The van der Waals surface area contributed by atoms with E-state index in [1.807, 2.05) is 4.90 Å². The second kappa shape index (κ2) is 4.42. The highest BCUT2D eigenvalue weighted by Crippen LogP contribution is 2.49. The summed E-state index contributed by atoms with van der Waals surface area (Å²) in [6.07, 6.45) is 3.83. The molecule has 1 aliphatic carbocycles. The van der Waals surface area contributed by atoms with Crippen molar-refractivity contribution in [3.8, 4) is 6.07 Å². The van der Waals surface area contributed by atoms with Crippen molar-refractivity contribution in [3.63, 3.8) is 0 Å². The van der Waals surface area contributed by atoms with Crippen molar-refractivity contribution < 1.29 is 9.53 Å². The first-order valence-electron chi connectivity index (χ1n) is 5.85. The Kier molecular flexibility index (Phi) is 3.15. The summed E-state index contributed by atoms with van der Waals surface area (Å²) in [5.74, 6) is 0.0565. The van der Waals surface area contributed by atoms with Crippen LogP contribution in [0, 0.1) is 22.7 Å². The third kappa shape index (κ3) is 2.35. The largest absolute Gasteiger partial charge is 0.385 e. The number of ether oxygens (including phenoxy) is 1. The fourth-order valence-corrected chi connectivity index (χ4v) is 2.40. The molecule has 2 rings (SSSR count). The lowest BCUT2D eigenvalue weighted by molar-refractivity contribution is -0.128. The Morgan fingerprint density at radius 2 is 2.38 bits per heavy atom. The van der Waals surface area contributed by atoms with Gasteiger partial charge in [-0.05, 0) is 24.7 Å². The highest BCUT2D eigenvalue weighted by Gasteiger charge is 2.45. The van der Waals surface area contributed by atoms with Crippen molar-refractivity contribution in [2.45, 2.75) is 25.7 Å². The van der Waals surface area contributed by atoms with Crippen LogP contribution in [0.4, 0.5) is 0 Å². The normalized spacial score (nSPS) is 26.9.